The van der Waals surface area contributed by atoms with Gasteiger partial charge in [-0.3, -0.25) is 4.98 Å². The molecule has 0 bridgehead atoms. The van der Waals surface area contributed by atoms with E-state index in [2.05, 4.69) is 65.4 Å². The summed E-state index contributed by atoms with van der Waals surface area (Å²) in [6.07, 6.45) is 0.267. The molecule has 1 N–H and O–H groups in total. The van der Waals surface area contributed by atoms with E-state index in [9.17, 15) is 4.79 Å². The number of aromatic nitrogens is 2. The van der Waals surface area contributed by atoms with E-state index in [1.807, 2.05) is 0 Å². The molecule has 4 rings (SSSR count). The molecule has 0 aromatic carbocycles. The molecule has 1 aromatic heterocycles. The SMILES string of the molecule is CC(C)[Si]1(C(C)C)OC[C@@H]2O[C@@H]3c4cnc(=O)[nH]c4O[C@H]3C2O[Si](C(C)C)(C(C)C)O1. The van der Waals surface area contributed by atoms with Crippen LogP contribution < -0.4 is 10.4 Å². The van der Waals surface area contributed by atoms with Crippen LogP contribution in [-0.2, 0) is 17.7 Å². The molecule has 3 aliphatic rings. The minimum absolute atomic E-state index is 0.225. The number of ether oxygens (including phenoxy) is 2. The van der Waals surface area contributed by atoms with E-state index < -0.39 is 22.8 Å². The lowest BCUT2D eigenvalue weighted by Gasteiger charge is -2.51. The van der Waals surface area contributed by atoms with Crippen LogP contribution in [0.3, 0.4) is 0 Å². The van der Waals surface area contributed by atoms with Crippen LogP contribution in [0, 0.1) is 0 Å². The van der Waals surface area contributed by atoms with E-state index in [0.29, 0.717) is 12.5 Å². The van der Waals surface area contributed by atoms with Crippen LogP contribution in [-0.4, -0.2) is 52.0 Å². The number of aromatic amines is 1. The molecule has 10 heteroatoms. The number of rotatable bonds is 4. The Kier molecular flexibility index (Phi) is 6.02. The molecule has 174 valence electrons. The van der Waals surface area contributed by atoms with Gasteiger partial charge in [-0.05, 0) is 22.2 Å². The van der Waals surface area contributed by atoms with Crippen LogP contribution in [0.5, 0.6) is 5.88 Å². The Labute approximate surface area is 186 Å². The highest BCUT2D eigenvalue weighted by Gasteiger charge is 2.63. The lowest BCUT2D eigenvalue weighted by atomic mass is 10.1. The molecule has 4 atom stereocenters. The third kappa shape index (κ3) is 3.55. The average molecular weight is 469 g/mol. The standard InChI is InChI=1S/C21H36N2O6Si2/c1-11(2)30(12(3)4)25-10-16-18(28-31(29-30,13(5)6)14(7)8)19-17(26-16)15-9-22-21(24)23-20(15)27-19/h9,11-14,16-19H,10H2,1-8H3,(H,22,23,24)/t16-,17+,18?,19+/m0/s1. The number of hydrogen-bond donors (Lipinski definition) is 1. The Morgan fingerprint density at radius 1 is 0.968 bits per heavy atom. The van der Waals surface area contributed by atoms with Crippen LogP contribution in [0.4, 0.5) is 0 Å². The van der Waals surface area contributed by atoms with Gasteiger partial charge in [0.2, 0.25) is 5.88 Å². The number of hydrogen-bond acceptors (Lipinski definition) is 7. The van der Waals surface area contributed by atoms with Gasteiger partial charge in [0.15, 0.2) is 6.10 Å². The summed E-state index contributed by atoms with van der Waals surface area (Å²) in [5, 5.41) is 0. The van der Waals surface area contributed by atoms with Crippen molar-refractivity contribution >= 4 is 17.1 Å². The van der Waals surface area contributed by atoms with Crippen molar-refractivity contribution in [1.82, 2.24) is 9.97 Å². The minimum Gasteiger partial charge on any atom is -0.469 e. The molecule has 3 aliphatic heterocycles. The number of nitrogens with one attached hydrogen (secondary N) is 1. The van der Waals surface area contributed by atoms with Crippen molar-refractivity contribution in [2.24, 2.45) is 0 Å². The van der Waals surface area contributed by atoms with Crippen LogP contribution in [0.1, 0.15) is 67.1 Å². The van der Waals surface area contributed by atoms with Gasteiger partial charge in [0.25, 0.3) is 0 Å². The summed E-state index contributed by atoms with van der Waals surface area (Å²) in [6, 6.07) is 0. The van der Waals surface area contributed by atoms with Gasteiger partial charge in [-0.1, -0.05) is 55.4 Å². The summed E-state index contributed by atoms with van der Waals surface area (Å²) in [4.78, 5) is 18.2. The number of fused-ring (bicyclic) bond motifs is 5. The van der Waals surface area contributed by atoms with Crippen LogP contribution in [0.25, 0.3) is 0 Å². The van der Waals surface area contributed by atoms with Gasteiger partial charge in [-0.15, -0.1) is 0 Å². The first-order chi connectivity index (χ1) is 14.5. The zero-order chi connectivity index (χ0) is 22.7. The van der Waals surface area contributed by atoms with Crippen molar-refractivity contribution in [1.29, 1.82) is 0 Å². The fourth-order valence-corrected chi connectivity index (χ4v) is 16.6. The molecule has 1 aromatic rings. The summed E-state index contributed by atoms with van der Waals surface area (Å²) >= 11 is 0. The van der Waals surface area contributed by atoms with Crippen molar-refractivity contribution in [3.8, 4) is 5.88 Å². The quantitative estimate of drug-likeness (QED) is 0.669. The van der Waals surface area contributed by atoms with Gasteiger partial charge in [-0.25, -0.2) is 9.78 Å². The molecule has 0 spiro atoms. The summed E-state index contributed by atoms with van der Waals surface area (Å²) < 4.78 is 33.6. The number of nitrogens with zero attached hydrogens (tertiary/aromatic N) is 1. The summed E-state index contributed by atoms with van der Waals surface area (Å²) in [6.45, 7) is 18.0. The van der Waals surface area contributed by atoms with Gasteiger partial charge >= 0.3 is 22.8 Å². The normalized spacial score (nSPS) is 31.4. The summed E-state index contributed by atoms with van der Waals surface area (Å²) in [7, 11) is -5.35. The summed E-state index contributed by atoms with van der Waals surface area (Å²) in [5.41, 5.74) is 1.34. The van der Waals surface area contributed by atoms with Gasteiger partial charge in [0.1, 0.15) is 18.3 Å². The van der Waals surface area contributed by atoms with E-state index in [1.54, 1.807) is 6.20 Å². The maximum absolute atomic E-state index is 11.7. The van der Waals surface area contributed by atoms with E-state index >= 15 is 0 Å². The maximum Gasteiger partial charge on any atom is 0.347 e. The maximum atomic E-state index is 11.7. The predicted octanol–water partition coefficient (Wildman–Crippen LogP) is 3.93. The largest absolute Gasteiger partial charge is 0.469 e. The number of H-pyrrole nitrogens is 1. The van der Waals surface area contributed by atoms with E-state index in [0.717, 1.165) is 5.56 Å². The Hall–Kier alpha value is -1.05. The molecule has 0 aliphatic carbocycles. The minimum atomic E-state index is -2.75. The molecule has 2 saturated heterocycles. The fourth-order valence-electron chi connectivity index (χ4n) is 5.35. The first-order valence-corrected chi connectivity index (χ1v) is 15.4. The Balaban J connectivity index is 1.76. The van der Waals surface area contributed by atoms with Crippen LogP contribution in [0.15, 0.2) is 11.0 Å². The smallest absolute Gasteiger partial charge is 0.347 e. The highest BCUT2D eigenvalue weighted by Crippen LogP contribution is 2.51. The van der Waals surface area contributed by atoms with Gasteiger partial charge < -0.3 is 22.4 Å². The van der Waals surface area contributed by atoms with Crippen molar-refractivity contribution < 1.29 is 22.4 Å². The molecule has 4 heterocycles. The zero-order valence-electron chi connectivity index (χ0n) is 19.8. The molecule has 8 nitrogen and oxygen atoms in total. The third-order valence-electron chi connectivity index (χ3n) is 7.01. The average Bonchev–Trinajstić information content (AvgIpc) is 3.16. The summed E-state index contributed by atoms with van der Waals surface area (Å²) in [5.74, 6) is 0.426. The second-order valence-electron chi connectivity index (χ2n) is 10.2. The van der Waals surface area contributed by atoms with Crippen LogP contribution >= 0.6 is 0 Å². The zero-order valence-corrected chi connectivity index (χ0v) is 21.8. The molecule has 0 radical (unpaired) electrons. The molecule has 1 unspecified atom stereocenters. The van der Waals surface area contributed by atoms with Gasteiger partial charge in [0.05, 0.1) is 12.2 Å². The second kappa shape index (κ2) is 8.07. The van der Waals surface area contributed by atoms with Crippen molar-refractivity contribution in [2.75, 3.05) is 6.61 Å². The molecular formula is C21H36N2O6Si2. The molecular weight excluding hydrogens is 432 g/mol. The molecule has 31 heavy (non-hydrogen) atoms. The Bertz CT molecular complexity index is 858. The Morgan fingerprint density at radius 2 is 1.58 bits per heavy atom. The highest BCUT2D eigenvalue weighted by molar-refractivity contribution is 6.83. The molecule has 2 fully saturated rings. The lowest BCUT2D eigenvalue weighted by molar-refractivity contribution is -0.0410. The fraction of sp³-hybridized carbons (Fsp3) is 0.810. The van der Waals surface area contributed by atoms with Crippen LogP contribution in [0.2, 0.25) is 22.2 Å². The Morgan fingerprint density at radius 3 is 2.16 bits per heavy atom. The lowest BCUT2D eigenvalue weighted by Crippen LogP contribution is -2.66. The van der Waals surface area contributed by atoms with E-state index in [-0.39, 0.29) is 46.6 Å². The van der Waals surface area contributed by atoms with E-state index in [4.69, 9.17) is 22.4 Å². The van der Waals surface area contributed by atoms with E-state index in [1.165, 1.54) is 0 Å². The monoisotopic (exact) mass is 468 g/mol. The second-order valence-corrected chi connectivity index (χ2v) is 19.1. The van der Waals surface area contributed by atoms with Crippen molar-refractivity contribution in [3.63, 3.8) is 0 Å². The molecule has 0 amide bonds. The van der Waals surface area contributed by atoms with Crippen molar-refractivity contribution in [3.05, 3.63) is 22.2 Å². The third-order valence-corrected chi connectivity index (χ3v) is 17.3. The van der Waals surface area contributed by atoms with Gasteiger partial charge in [0, 0.05) is 6.20 Å². The predicted molar refractivity (Wildman–Crippen MR) is 121 cm³/mol. The highest BCUT2D eigenvalue weighted by atomic mass is 28.5. The van der Waals surface area contributed by atoms with Crippen molar-refractivity contribution in [2.45, 2.75) is 102 Å². The molecule has 0 saturated carbocycles. The topological polar surface area (TPSA) is 91.9 Å². The first kappa shape index (κ1) is 23.1. The van der Waals surface area contributed by atoms with Gasteiger partial charge in [-0.2, -0.15) is 0 Å². The first-order valence-electron chi connectivity index (χ1n) is 11.4.